The number of anilines is 1. The predicted octanol–water partition coefficient (Wildman–Crippen LogP) is 4.41. The molecule has 0 amide bonds. The van der Waals surface area contributed by atoms with Crippen LogP contribution in [-0.2, 0) is 0 Å². The van der Waals surface area contributed by atoms with Gasteiger partial charge in [-0.3, -0.25) is 0 Å². The second kappa shape index (κ2) is 6.55. The highest BCUT2D eigenvalue weighted by Crippen LogP contribution is 2.22. The maximum Gasteiger partial charge on any atom is 0.185 e. The van der Waals surface area contributed by atoms with Crippen molar-refractivity contribution in [1.29, 1.82) is 0 Å². The summed E-state index contributed by atoms with van der Waals surface area (Å²) in [5, 5.41) is 16.3. The van der Waals surface area contributed by atoms with Crippen LogP contribution < -0.4 is 5.32 Å². The Kier molecular flexibility index (Phi) is 4.08. The zero-order valence-corrected chi connectivity index (χ0v) is 14.5. The molecular formula is C20H18FN5. The van der Waals surface area contributed by atoms with Gasteiger partial charge in [0, 0.05) is 5.56 Å². The predicted molar refractivity (Wildman–Crippen MR) is 99.4 cm³/mol. The highest BCUT2D eigenvalue weighted by Gasteiger charge is 2.12. The lowest BCUT2D eigenvalue weighted by molar-refractivity contribution is 0.614. The third-order valence-corrected chi connectivity index (χ3v) is 4.36. The molecule has 4 rings (SSSR count). The second-order valence-corrected chi connectivity index (χ2v) is 6.25. The highest BCUT2D eigenvalue weighted by atomic mass is 19.1. The number of fused-ring (bicyclic) bond motifs is 1. The molecule has 130 valence electrons. The van der Waals surface area contributed by atoms with Crippen LogP contribution in [0, 0.1) is 12.7 Å². The number of nitrogens with zero attached hydrogens (tertiary/aromatic N) is 4. The van der Waals surface area contributed by atoms with Crippen LogP contribution in [0.25, 0.3) is 17.0 Å². The van der Waals surface area contributed by atoms with E-state index in [1.54, 1.807) is 23.6 Å². The summed E-state index contributed by atoms with van der Waals surface area (Å²) in [5.74, 6) is 1.14. The Morgan fingerprint density at radius 3 is 2.58 bits per heavy atom. The van der Waals surface area contributed by atoms with Crippen molar-refractivity contribution in [3.63, 3.8) is 0 Å². The Hall–Kier alpha value is -3.28. The third kappa shape index (κ3) is 3.01. The summed E-state index contributed by atoms with van der Waals surface area (Å²) in [5.41, 5.74) is 3.11. The fourth-order valence-corrected chi connectivity index (χ4v) is 2.82. The molecule has 1 N–H and O–H groups in total. The van der Waals surface area contributed by atoms with E-state index in [-0.39, 0.29) is 11.9 Å². The molecule has 0 aliphatic heterocycles. The summed E-state index contributed by atoms with van der Waals surface area (Å²) in [4.78, 5) is 0. The first-order chi connectivity index (χ1) is 12.6. The average Bonchev–Trinajstić information content (AvgIpc) is 3.08. The van der Waals surface area contributed by atoms with E-state index in [1.165, 1.54) is 0 Å². The Morgan fingerprint density at radius 1 is 1.00 bits per heavy atom. The Morgan fingerprint density at radius 2 is 1.81 bits per heavy atom. The Bertz CT molecular complexity index is 1060. The summed E-state index contributed by atoms with van der Waals surface area (Å²) in [6.07, 6.45) is 0. The second-order valence-electron chi connectivity index (χ2n) is 6.25. The van der Waals surface area contributed by atoms with Crippen LogP contribution in [0.5, 0.6) is 0 Å². The van der Waals surface area contributed by atoms with Gasteiger partial charge in [-0.1, -0.05) is 42.5 Å². The van der Waals surface area contributed by atoms with Crippen molar-refractivity contribution in [2.24, 2.45) is 0 Å². The van der Waals surface area contributed by atoms with Crippen LogP contribution in [0.4, 0.5) is 10.2 Å². The Labute approximate surface area is 150 Å². The molecular weight excluding hydrogens is 329 g/mol. The van der Waals surface area contributed by atoms with Gasteiger partial charge in [-0.15, -0.1) is 15.3 Å². The molecule has 0 saturated carbocycles. The van der Waals surface area contributed by atoms with E-state index in [0.29, 0.717) is 22.9 Å². The summed E-state index contributed by atoms with van der Waals surface area (Å²) in [6, 6.07) is 18.7. The number of aromatic nitrogens is 4. The fourth-order valence-electron chi connectivity index (χ4n) is 2.82. The largest absolute Gasteiger partial charge is 0.362 e. The molecule has 2 aromatic heterocycles. The van der Waals surface area contributed by atoms with Gasteiger partial charge in [0.25, 0.3) is 0 Å². The molecule has 0 spiro atoms. The van der Waals surface area contributed by atoms with E-state index < -0.39 is 0 Å². The van der Waals surface area contributed by atoms with Crippen molar-refractivity contribution < 1.29 is 4.39 Å². The van der Waals surface area contributed by atoms with Gasteiger partial charge in [-0.2, -0.15) is 4.52 Å². The summed E-state index contributed by atoms with van der Waals surface area (Å²) in [6.45, 7) is 3.73. The first-order valence-electron chi connectivity index (χ1n) is 8.42. The van der Waals surface area contributed by atoms with E-state index in [2.05, 4.69) is 20.6 Å². The van der Waals surface area contributed by atoms with Gasteiger partial charge in [-0.25, -0.2) is 4.39 Å². The summed E-state index contributed by atoms with van der Waals surface area (Å²) >= 11 is 0. The lowest BCUT2D eigenvalue weighted by Crippen LogP contribution is -2.10. The van der Waals surface area contributed by atoms with Crippen LogP contribution in [0.2, 0.25) is 0 Å². The minimum absolute atomic E-state index is 0.0910. The van der Waals surface area contributed by atoms with E-state index in [4.69, 9.17) is 0 Å². The minimum Gasteiger partial charge on any atom is -0.362 e. The van der Waals surface area contributed by atoms with E-state index in [0.717, 1.165) is 11.1 Å². The molecule has 0 fully saturated rings. The molecule has 4 aromatic rings. The highest BCUT2D eigenvalue weighted by molar-refractivity contribution is 5.59. The Balaban J connectivity index is 1.65. The van der Waals surface area contributed by atoms with Gasteiger partial charge in [0.05, 0.1) is 6.04 Å². The van der Waals surface area contributed by atoms with Crippen LogP contribution in [0.1, 0.15) is 24.1 Å². The number of hydrogen-bond donors (Lipinski definition) is 1. The maximum absolute atomic E-state index is 13.8. The number of aryl methyl sites for hydroxylation is 1. The van der Waals surface area contributed by atoms with Gasteiger partial charge in [0.15, 0.2) is 11.5 Å². The molecule has 0 aliphatic carbocycles. The van der Waals surface area contributed by atoms with Crippen LogP contribution >= 0.6 is 0 Å². The quantitative estimate of drug-likeness (QED) is 0.594. The van der Waals surface area contributed by atoms with Crippen molar-refractivity contribution in [3.8, 4) is 11.4 Å². The molecule has 0 aliphatic rings. The number of rotatable bonds is 4. The molecule has 6 heteroatoms. The van der Waals surface area contributed by atoms with E-state index >= 15 is 0 Å². The molecule has 5 nitrogen and oxygen atoms in total. The van der Waals surface area contributed by atoms with E-state index in [1.807, 2.05) is 55.5 Å². The maximum atomic E-state index is 13.8. The number of halogens is 1. The first kappa shape index (κ1) is 16.2. The third-order valence-electron chi connectivity index (χ3n) is 4.36. The molecule has 2 heterocycles. The van der Waals surface area contributed by atoms with Gasteiger partial charge < -0.3 is 5.32 Å². The van der Waals surface area contributed by atoms with Gasteiger partial charge >= 0.3 is 0 Å². The molecule has 0 bridgehead atoms. The standard InChI is InChI=1S/C20H18FN5/c1-13-8-9-16(12-17(13)21)14(2)22-18-10-11-19-23-24-20(26(19)25-18)15-6-4-3-5-7-15/h3-12,14H,1-2H3,(H,22,25). The molecule has 2 aromatic carbocycles. The topological polar surface area (TPSA) is 55.1 Å². The molecule has 0 saturated heterocycles. The lowest BCUT2D eigenvalue weighted by Gasteiger charge is -2.15. The minimum atomic E-state index is -0.204. The van der Waals surface area contributed by atoms with Crippen LogP contribution in [-0.4, -0.2) is 19.8 Å². The summed E-state index contributed by atoms with van der Waals surface area (Å²) < 4.78 is 15.5. The molecule has 26 heavy (non-hydrogen) atoms. The zero-order valence-electron chi connectivity index (χ0n) is 14.5. The molecule has 1 atom stereocenters. The van der Waals surface area contributed by atoms with Crippen LogP contribution in [0.3, 0.4) is 0 Å². The van der Waals surface area contributed by atoms with E-state index in [9.17, 15) is 4.39 Å². The van der Waals surface area contributed by atoms with Gasteiger partial charge in [-0.05, 0) is 43.2 Å². The van der Waals surface area contributed by atoms with Crippen molar-refractivity contribution in [2.75, 3.05) is 5.32 Å². The van der Waals surface area contributed by atoms with Crippen LogP contribution in [0.15, 0.2) is 60.7 Å². The van der Waals surface area contributed by atoms with Gasteiger partial charge in [0.1, 0.15) is 11.6 Å². The first-order valence-corrected chi connectivity index (χ1v) is 8.42. The molecule has 0 radical (unpaired) electrons. The van der Waals surface area contributed by atoms with Gasteiger partial charge in [0.2, 0.25) is 0 Å². The average molecular weight is 347 g/mol. The SMILES string of the molecule is Cc1ccc(C(C)Nc2ccc3nnc(-c4ccccc4)n3n2)cc1F. The lowest BCUT2D eigenvalue weighted by atomic mass is 10.1. The number of hydrogen-bond acceptors (Lipinski definition) is 4. The fraction of sp³-hybridized carbons (Fsp3) is 0.150. The van der Waals surface area contributed by atoms with Crippen molar-refractivity contribution >= 4 is 11.5 Å². The number of benzene rings is 2. The molecule has 1 unspecified atom stereocenters. The monoisotopic (exact) mass is 347 g/mol. The van der Waals surface area contributed by atoms with Crippen molar-refractivity contribution in [2.45, 2.75) is 19.9 Å². The number of nitrogens with one attached hydrogen (secondary N) is 1. The van der Waals surface area contributed by atoms with Crippen molar-refractivity contribution in [3.05, 3.63) is 77.6 Å². The summed E-state index contributed by atoms with van der Waals surface area (Å²) in [7, 11) is 0. The smallest absolute Gasteiger partial charge is 0.185 e. The zero-order chi connectivity index (χ0) is 18.1. The van der Waals surface area contributed by atoms with Crippen molar-refractivity contribution in [1.82, 2.24) is 19.8 Å². The normalized spacial score (nSPS) is 12.3.